The van der Waals surface area contributed by atoms with Crippen molar-refractivity contribution in [1.29, 1.82) is 0 Å². The zero-order valence-electron chi connectivity index (χ0n) is 11.4. The van der Waals surface area contributed by atoms with E-state index in [1.165, 1.54) is 19.3 Å². The van der Waals surface area contributed by atoms with Crippen molar-refractivity contribution in [3.63, 3.8) is 0 Å². The third-order valence-electron chi connectivity index (χ3n) is 2.45. The second-order valence-electron chi connectivity index (χ2n) is 3.97. The molecule has 0 fully saturated rings. The molecule has 0 bridgehead atoms. The molecule has 0 saturated heterocycles. The SMILES string of the molecule is COc1cc(/C=C/C(=O)NCCCO[N+](=O)[O-])ccc1O. The summed E-state index contributed by atoms with van der Waals surface area (Å²) in [4.78, 5) is 25.5. The van der Waals surface area contributed by atoms with Crippen LogP contribution in [0.4, 0.5) is 0 Å². The second kappa shape index (κ2) is 8.41. The summed E-state index contributed by atoms with van der Waals surface area (Å²) in [6.07, 6.45) is 3.22. The summed E-state index contributed by atoms with van der Waals surface area (Å²) in [7, 11) is 1.43. The van der Waals surface area contributed by atoms with Crippen molar-refractivity contribution >= 4 is 12.0 Å². The topological polar surface area (TPSA) is 111 Å². The van der Waals surface area contributed by atoms with Crippen LogP contribution >= 0.6 is 0 Å². The molecule has 0 spiro atoms. The van der Waals surface area contributed by atoms with E-state index < -0.39 is 5.09 Å². The van der Waals surface area contributed by atoms with Crippen LogP contribution in [0.25, 0.3) is 6.08 Å². The fraction of sp³-hybridized carbons (Fsp3) is 0.308. The van der Waals surface area contributed by atoms with Gasteiger partial charge in [0.25, 0.3) is 5.09 Å². The van der Waals surface area contributed by atoms with E-state index in [2.05, 4.69) is 10.2 Å². The van der Waals surface area contributed by atoms with Crippen LogP contribution in [0.5, 0.6) is 11.5 Å². The van der Waals surface area contributed by atoms with Crippen LogP contribution in [0.15, 0.2) is 24.3 Å². The Balaban J connectivity index is 2.38. The number of phenols is 1. The Labute approximate surface area is 121 Å². The molecule has 1 aromatic rings. The van der Waals surface area contributed by atoms with Crippen molar-refractivity contribution in [2.75, 3.05) is 20.3 Å². The zero-order valence-corrected chi connectivity index (χ0v) is 11.4. The van der Waals surface area contributed by atoms with Crippen LogP contribution < -0.4 is 10.1 Å². The van der Waals surface area contributed by atoms with E-state index in [1.807, 2.05) is 0 Å². The number of carbonyl (C=O) groups is 1. The van der Waals surface area contributed by atoms with E-state index in [9.17, 15) is 20.0 Å². The Morgan fingerprint density at radius 2 is 2.29 bits per heavy atom. The molecular formula is C13H16N2O6. The van der Waals surface area contributed by atoms with Crippen LogP contribution in [0.2, 0.25) is 0 Å². The van der Waals surface area contributed by atoms with Gasteiger partial charge < -0.3 is 20.0 Å². The van der Waals surface area contributed by atoms with Gasteiger partial charge in [0.1, 0.15) is 0 Å². The van der Waals surface area contributed by atoms with Crippen LogP contribution in [-0.4, -0.2) is 36.4 Å². The van der Waals surface area contributed by atoms with Crippen LogP contribution in [0.1, 0.15) is 12.0 Å². The van der Waals surface area contributed by atoms with Crippen LogP contribution in [-0.2, 0) is 9.63 Å². The normalized spacial score (nSPS) is 10.3. The molecule has 0 atom stereocenters. The molecule has 0 aliphatic rings. The van der Waals surface area contributed by atoms with Gasteiger partial charge in [-0.05, 0) is 30.2 Å². The van der Waals surface area contributed by atoms with Gasteiger partial charge >= 0.3 is 0 Å². The quantitative estimate of drug-likeness (QED) is 0.322. The van der Waals surface area contributed by atoms with E-state index in [0.717, 1.165) is 0 Å². The van der Waals surface area contributed by atoms with Crippen molar-refractivity contribution in [2.45, 2.75) is 6.42 Å². The third kappa shape index (κ3) is 6.28. The minimum Gasteiger partial charge on any atom is -0.504 e. The molecule has 0 saturated carbocycles. The highest BCUT2D eigenvalue weighted by atomic mass is 16.9. The molecular weight excluding hydrogens is 280 g/mol. The highest BCUT2D eigenvalue weighted by Crippen LogP contribution is 2.26. The number of amides is 1. The van der Waals surface area contributed by atoms with E-state index in [-0.39, 0.29) is 24.8 Å². The van der Waals surface area contributed by atoms with Crippen LogP contribution in [0.3, 0.4) is 0 Å². The Hall–Kier alpha value is -2.77. The number of nitrogens with zero attached hydrogens (tertiary/aromatic N) is 1. The van der Waals surface area contributed by atoms with Gasteiger partial charge in [-0.1, -0.05) is 6.07 Å². The predicted octanol–water partition coefficient (Wildman–Crippen LogP) is 1.13. The fourth-order valence-electron chi connectivity index (χ4n) is 1.45. The molecule has 0 aromatic heterocycles. The molecule has 8 heteroatoms. The summed E-state index contributed by atoms with van der Waals surface area (Å²) in [5, 5.41) is 21.0. The first-order valence-electron chi connectivity index (χ1n) is 6.13. The van der Waals surface area contributed by atoms with Gasteiger partial charge in [-0.25, -0.2) is 0 Å². The number of hydrogen-bond donors (Lipinski definition) is 2. The summed E-state index contributed by atoms with van der Waals surface area (Å²) >= 11 is 0. The molecule has 114 valence electrons. The Bertz CT molecular complexity index is 529. The number of rotatable bonds is 8. The molecule has 0 heterocycles. The highest BCUT2D eigenvalue weighted by Gasteiger charge is 2.01. The van der Waals surface area contributed by atoms with E-state index in [1.54, 1.807) is 18.2 Å². The number of benzene rings is 1. The Morgan fingerprint density at radius 1 is 1.52 bits per heavy atom. The monoisotopic (exact) mass is 296 g/mol. The lowest BCUT2D eigenvalue weighted by molar-refractivity contribution is -0.757. The van der Waals surface area contributed by atoms with Crippen molar-refractivity contribution in [3.8, 4) is 11.5 Å². The van der Waals surface area contributed by atoms with Gasteiger partial charge in [-0.3, -0.25) is 4.79 Å². The van der Waals surface area contributed by atoms with Crippen molar-refractivity contribution in [2.24, 2.45) is 0 Å². The summed E-state index contributed by atoms with van der Waals surface area (Å²) in [5.41, 5.74) is 0.691. The largest absolute Gasteiger partial charge is 0.504 e. The van der Waals surface area contributed by atoms with Gasteiger partial charge in [-0.2, -0.15) is 0 Å². The summed E-state index contributed by atoms with van der Waals surface area (Å²) in [6.45, 7) is 0.210. The first-order chi connectivity index (χ1) is 10.0. The molecule has 0 aliphatic carbocycles. The molecule has 0 radical (unpaired) electrons. The van der Waals surface area contributed by atoms with E-state index >= 15 is 0 Å². The van der Waals surface area contributed by atoms with Gasteiger partial charge in [0.15, 0.2) is 11.5 Å². The number of phenolic OH excluding ortho intramolecular Hbond substituents is 1. The maximum atomic E-state index is 11.5. The average Bonchev–Trinajstić information content (AvgIpc) is 2.45. The smallest absolute Gasteiger partial charge is 0.294 e. The summed E-state index contributed by atoms with van der Waals surface area (Å²) in [6, 6.07) is 4.68. The average molecular weight is 296 g/mol. The van der Waals surface area contributed by atoms with Gasteiger partial charge in [0.2, 0.25) is 5.91 Å². The lowest BCUT2D eigenvalue weighted by Crippen LogP contribution is -2.23. The second-order valence-corrected chi connectivity index (χ2v) is 3.97. The number of carbonyl (C=O) groups excluding carboxylic acids is 1. The number of ether oxygens (including phenoxy) is 1. The number of aromatic hydroxyl groups is 1. The summed E-state index contributed by atoms with van der Waals surface area (Å²) in [5.74, 6) is 0.00234. The van der Waals surface area contributed by atoms with Crippen LogP contribution in [0, 0.1) is 10.1 Å². The van der Waals surface area contributed by atoms with Gasteiger partial charge in [-0.15, -0.1) is 10.1 Å². The van der Waals surface area contributed by atoms with Crippen molar-refractivity contribution in [1.82, 2.24) is 5.32 Å². The Morgan fingerprint density at radius 3 is 2.95 bits per heavy atom. The minimum atomic E-state index is -0.875. The number of hydrogen-bond acceptors (Lipinski definition) is 6. The number of methoxy groups -OCH3 is 1. The lowest BCUT2D eigenvalue weighted by Gasteiger charge is -2.04. The molecule has 1 amide bonds. The molecule has 8 nitrogen and oxygen atoms in total. The molecule has 0 unspecified atom stereocenters. The fourth-order valence-corrected chi connectivity index (χ4v) is 1.45. The van der Waals surface area contributed by atoms with Crippen molar-refractivity contribution < 1.29 is 24.6 Å². The van der Waals surface area contributed by atoms with E-state index in [0.29, 0.717) is 17.7 Å². The molecule has 21 heavy (non-hydrogen) atoms. The summed E-state index contributed by atoms with van der Waals surface area (Å²) < 4.78 is 4.95. The number of nitrogens with one attached hydrogen (secondary N) is 1. The van der Waals surface area contributed by atoms with Crippen molar-refractivity contribution in [3.05, 3.63) is 40.0 Å². The predicted molar refractivity (Wildman–Crippen MR) is 74.3 cm³/mol. The highest BCUT2D eigenvalue weighted by molar-refractivity contribution is 5.91. The molecule has 1 rings (SSSR count). The molecule has 1 aromatic carbocycles. The molecule has 2 N–H and O–H groups in total. The maximum Gasteiger partial charge on any atom is 0.294 e. The Kier molecular flexibility index (Phi) is 6.52. The van der Waals surface area contributed by atoms with E-state index in [4.69, 9.17) is 4.74 Å². The standard InChI is InChI=1S/C13H16N2O6/c1-20-12-9-10(3-5-11(12)16)4-6-13(17)14-7-2-8-21-15(18)19/h3-6,9,16H,2,7-8H2,1H3,(H,14,17)/b6-4+. The lowest BCUT2D eigenvalue weighted by atomic mass is 10.2. The van der Waals surface area contributed by atoms with Gasteiger partial charge in [0.05, 0.1) is 13.7 Å². The maximum absolute atomic E-state index is 11.5. The molecule has 0 aliphatic heterocycles. The first kappa shape index (κ1) is 16.3. The van der Waals surface area contributed by atoms with Gasteiger partial charge in [0, 0.05) is 12.6 Å². The third-order valence-corrected chi connectivity index (χ3v) is 2.45. The zero-order chi connectivity index (χ0) is 15.7. The first-order valence-corrected chi connectivity index (χ1v) is 6.13. The minimum absolute atomic E-state index is 0.0184.